The van der Waals surface area contributed by atoms with Crippen molar-refractivity contribution in [3.63, 3.8) is 0 Å². The van der Waals surface area contributed by atoms with Crippen LogP contribution in [0.1, 0.15) is 29.9 Å². The molecule has 106 valence electrons. The summed E-state index contributed by atoms with van der Waals surface area (Å²) in [5.74, 6) is 0.673. The van der Waals surface area contributed by atoms with Gasteiger partial charge in [-0.2, -0.15) is 0 Å². The first kappa shape index (κ1) is 14.3. The molecule has 0 saturated heterocycles. The molecule has 0 saturated carbocycles. The van der Waals surface area contributed by atoms with Crippen LogP contribution in [0.3, 0.4) is 0 Å². The molecule has 1 heterocycles. The normalized spacial score (nSPS) is 12.1. The number of nitrogens with one attached hydrogen (secondary N) is 1. The first-order chi connectivity index (χ1) is 9.70. The molecule has 2 rings (SSSR count). The number of ether oxygens (including phenoxy) is 1. The molecule has 1 N–H and O–H groups in total. The number of esters is 1. The van der Waals surface area contributed by atoms with Gasteiger partial charge < -0.3 is 14.5 Å². The molecular weight excluding hydrogens is 254 g/mol. The standard InChI is InChI=1S/C16H19NO3/c1-12(15-8-5-9-20-15)17-11-14-7-4-3-6-13(14)10-16(18)19-2/h3-9,12,17H,10-11H2,1-2H3. The molecule has 0 radical (unpaired) electrons. The fourth-order valence-electron chi connectivity index (χ4n) is 2.03. The van der Waals surface area contributed by atoms with E-state index < -0.39 is 0 Å². The van der Waals surface area contributed by atoms with E-state index in [0.29, 0.717) is 13.0 Å². The van der Waals surface area contributed by atoms with Crippen molar-refractivity contribution < 1.29 is 13.9 Å². The van der Waals surface area contributed by atoms with Crippen LogP contribution in [0.4, 0.5) is 0 Å². The molecule has 0 aliphatic heterocycles. The predicted molar refractivity (Wildman–Crippen MR) is 76.1 cm³/mol. The highest BCUT2D eigenvalue weighted by atomic mass is 16.5. The molecular formula is C16H19NO3. The summed E-state index contributed by atoms with van der Waals surface area (Å²) in [5.41, 5.74) is 2.08. The molecule has 0 aliphatic rings. The van der Waals surface area contributed by atoms with E-state index in [-0.39, 0.29) is 12.0 Å². The van der Waals surface area contributed by atoms with Gasteiger partial charge in [-0.1, -0.05) is 24.3 Å². The van der Waals surface area contributed by atoms with Crippen LogP contribution in [0.2, 0.25) is 0 Å². The maximum Gasteiger partial charge on any atom is 0.309 e. The molecule has 0 aliphatic carbocycles. The zero-order valence-corrected chi connectivity index (χ0v) is 11.8. The van der Waals surface area contributed by atoms with E-state index in [9.17, 15) is 4.79 Å². The highest BCUT2D eigenvalue weighted by Crippen LogP contribution is 2.15. The zero-order chi connectivity index (χ0) is 14.4. The molecule has 1 aromatic carbocycles. The van der Waals surface area contributed by atoms with Crippen LogP contribution in [0.25, 0.3) is 0 Å². The number of rotatable bonds is 6. The highest BCUT2D eigenvalue weighted by molar-refractivity contribution is 5.72. The third-order valence-electron chi connectivity index (χ3n) is 3.25. The second kappa shape index (κ2) is 6.91. The van der Waals surface area contributed by atoms with Gasteiger partial charge in [0, 0.05) is 6.54 Å². The second-order valence-corrected chi connectivity index (χ2v) is 4.64. The van der Waals surface area contributed by atoms with Crippen LogP contribution in [0.15, 0.2) is 47.1 Å². The van der Waals surface area contributed by atoms with Crippen molar-refractivity contribution in [2.45, 2.75) is 25.9 Å². The van der Waals surface area contributed by atoms with E-state index in [2.05, 4.69) is 5.32 Å². The van der Waals surface area contributed by atoms with Crippen molar-refractivity contribution in [1.82, 2.24) is 5.32 Å². The van der Waals surface area contributed by atoms with Gasteiger partial charge in [0.15, 0.2) is 0 Å². The molecule has 0 spiro atoms. The molecule has 4 heteroatoms. The Morgan fingerprint density at radius 2 is 2.00 bits per heavy atom. The topological polar surface area (TPSA) is 51.5 Å². The summed E-state index contributed by atoms with van der Waals surface area (Å²) in [5, 5.41) is 3.39. The van der Waals surface area contributed by atoms with Gasteiger partial charge in [0.2, 0.25) is 0 Å². The van der Waals surface area contributed by atoms with Crippen LogP contribution in [0.5, 0.6) is 0 Å². The minimum absolute atomic E-state index is 0.121. The minimum atomic E-state index is -0.225. The quantitative estimate of drug-likeness (QED) is 0.822. The fraction of sp³-hybridized carbons (Fsp3) is 0.312. The number of furan rings is 1. The molecule has 20 heavy (non-hydrogen) atoms. The largest absolute Gasteiger partial charge is 0.469 e. The second-order valence-electron chi connectivity index (χ2n) is 4.64. The van der Waals surface area contributed by atoms with Crippen LogP contribution >= 0.6 is 0 Å². The van der Waals surface area contributed by atoms with Gasteiger partial charge in [0.1, 0.15) is 5.76 Å². The molecule has 4 nitrogen and oxygen atoms in total. The Labute approximate surface area is 118 Å². The minimum Gasteiger partial charge on any atom is -0.469 e. The molecule has 1 unspecified atom stereocenters. The summed E-state index contributed by atoms with van der Waals surface area (Å²) < 4.78 is 10.1. The third kappa shape index (κ3) is 3.71. The number of benzene rings is 1. The number of hydrogen-bond donors (Lipinski definition) is 1. The number of carbonyl (C=O) groups excluding carboxylic acids is 1. The summed E-state index contributed by atoms with van der Waals surface area (Å²) in [7, 11) is 1.40. The first-order valence-electron chi connectivity index (χ1n) is 6.61. The van der Waals surface area contributed by atoms with E-state index >= 15 is 0 Å². The number of methoxy groups -OCH3 is 1. The monoisotopic (exact) mass is 273 g/mol. The average molecular weight is 273 g/mol. The molecule has 0 amide bonds. The number of hydrogen-bond acceptors (Lipinski definition) is 4. The Morgan fingerprint density at radius 1 is 1.25 bits per heavy atom. The van der Waals surface area contributed by atoms with E-state index in [1.165, 1.54) is 7.11 Å². The van der Waals surface area contributed by atoms with Crippen molar-refractivity contribution in [1.29, 1.82) is 0 Å². The van der Waals surface area contributed by atoms with Gasteiger partial charge in [-0.3, -0.25) is 4.79 Å². The van der Waals surface area contributed by atoms with E-state index in [0.717, 1.165) is 16.9 Å². The highest BCUT2D eigenvalue weighted by Gasteiger charge is 2.10. The van der Waals surface area contributed by atoms with Crippen LogP contribution < -0.4 is 5.32 Å². The fourth-order valence-corrected chi connectivity index (χ4v) is 2.03. The first-order valence-corrected chi connectivity index (χ1v) is 6.61. The Balaban J connectivity index is 2.00. The third-order valence-corrected chi connectivity index (χ3v) is 3.25. The lowest BCUT2D eigenvalue weighted by Gasteiger charge is -2.13. The Kier molecular flexibility index (Phi) is 4.96. The summed E-state index contributed by atoms with van der Waals surface area (Å²) in [6, 6.07) is 11.8. The Morgan fingerprint density at radius 3 is 2.65 bits per heavy atom. The maximum absolute atomic E-state index is 11.4. The van der Waals surface area contributed by atoms with E-state index in [4.69, 9.17) is 9.15 Å². The van der Waals surface area contributed by atoms with E-state index in [1.807, 2.05) is 43.3 Å². The Bertz CT molecular complexity index is 549. The lowest BCUT2D eigenvalue weighted by Crippen LogP contribution is -2.19. The van der Waals surface area contributed by atoms with Crippen LogP contribution in [-0.2, 0) is 22.5 Å². The van der Waals surface area contributed by atoms with Gasteiger partial charge in [0.25, 0.3) is 0 Å². The average Bonchev–Trinajstić information content (AvgIpc) is 3.00. The summed E-state index contributed by atoms with van der Waals surface area (Å²) in [6.45, 7) is 2.72. The Hall–Kier alpha value is -2.07. The molecule has 1 aromatic heterocycles. The van der Waals surface area contributed by atoms with Crippen LogP contribution in [-0.4, -0.2) is 13.1 Å². The van der Waals surface area contributed by atoms with Crippen molar-refractivity contribution in [3.8, 4) is 0 Å². The van der Waals surface area contributed by atoms with Crippen molar-refractivity contribution >= 4 is 5.97 Å². The van der Waals surface area contributed by atoms with Crippen molar-refractivity contribution in [3.05, 3.63) is 59.5 Å². The lowest BCUT2D eigenvalue weighted by atomic mass is 10.0. The van der Waals surface area contributed by atoms with Crippen LogP contribution in [0, 0.1) is 0 Å². The summed E-state index contributed by atoms with van der Waals surface area (Å²) >= 11 is 0. The smallest absolute Gasteiger partial charge is 0.309 e. The lowest BCUT2D eigenvalue weighted by molar-refractivity contribution is -0.139. The van der Waals surface area contributed by atoms with Gasteiger partial charge in [-0.15, -0.1) is 0 Å². The predicted octanol–water partition coefficient (Wildman–Crippen LogP) is 2.85. The van der Waals surface area contributed by atoms with Gasteiger partial charge >= 0.3 is 5.97 Å². The molecule has 0 bridgehead atoms. The maximum atomic E-state index is 11.4. The summed E-state index contributed by atoms with van der Waals surface area (Å²) in [6.07, 6.45) is 1.96. The molecule has 1 atom stereocenters. The summed E-state index contributed by atoms with van der Waals surface area (Å²) in [4.78, 5) is 11.4. The van der Waals surface area contributed by atoms with Gasteiger partial charge in [-0.05, 0) is 30.2 Å². The molecule has 2 aromatic rings. The molecule has 0 fully saturated rings. The zero-order valence-electron chi connectivity index (χ0n) is 11.8. The number of carbonyl (C=O) groups is 1. The van der Waals surface area contributed by atoms with Gasteiger partial charge in [-0.25, -0.2) is 0 Å². The van der Waals surface area contributed by atoms with Crippen molar-refractivity contribution in [2.24, 2.45) is 0 Å². The van der Waals surface area contributed by atoms with Crippen molar-refractivity contribution in [2.75, 3.05) is 7.11 Å². The van der Waals surface area contributed by atoms with Gasteiger partial charge in [0.05, 0.1) is 25.8 Å². The SMILES string of the molecule is COC(=O)Cc1ccccc1CNC(C)c1ccco1. The van der Waals surface area contributed by atoms with E-state index in [1.54, 1.807) is 6.26 Å².